The first-order valence-electron chi connectivity index (χ1n) is 8.54. The van der Waals surface area contributed by atoms with Crippen molar-refractivity contribution in [3.8, 4) is 0 Å². The van der Waals surface area contributed by atoms with Crippen LogP contribution in [0.25, 0.3) is 10.9 Å². The van der Waals surface area contributed by atoms with Crippen molar-refractivity contribution in [2.24, 2.45) is 7.05 Å². The third kappa shape index (κ3) is 2.76. The van der Waals surface area contributed by atoms with Crippen LogP contribution in [0.1, 0.15) is 22.1 Å². The molecule has 132 valence electrons. The summed E-state index contributed by atoms with van der Waals surface area (Å²) in [5, 5.41) is 8.08. The Bertz CT molecular complexity index is 1020. The first-order chi connectivity index (χ1) is 12.7. The zero-order chi connectivity index (χ0) is 18.1. The molecule has 1 fully saturated rings. The highest BCUT2D eigenvalue weighted by Gasteiger charge is 2.31. The van der Waals surface area contributed by atoms with Gasteiger partial charge in [-0.25, -0.2) is 0 Å². The van der Waals surface area contributed by atoms with Crippen molar-refractivity contribution in [3.05, 3.63) is 70.3 Å². The molecule has 1 aromatic carbocycles. The summed E-state index contributed by atoms with van der Waals surface area (Å²) in [6.07, 6.45) is 3.45. The van der Waals surface area contributed by atoms with Gasteiger partial charge in [-0.3, -0.25) is 19.3 Å². The lowest BCUT2D eigenvalue weighted by molar-refractivity contribution is 0.0624. The first-order valence-corrected chi connectivity index (χ1v) is 8.54. The summed E-state index contributed by atoms with van der Waals surface area (Å²) in [7, 11) is 1.74. The lowest BCUT2D eigenvalue weighted by Gasteiger charge is -2.36. The SMILES string of the molecule is Cn1nc(C(=O)N2CCNCC2c2cccnc2)c(=O)c2ccccc21. The lowest BCUT2D eigenvalue weighted by Crippen LogP contribution is -2.50. The number of carbonyl (C=O) groups is 1. The normalized spacial score (nSPS) is 17.4. The number of amides is 1. The number of aryl methyl sites for hydroxylation is 1. The van der Waals surface area contributed by atoms with E-state index in [-0.39, 0.29) is 23.1 Å². The number of pyridine rings is 1. The molecule has 1 aliphatic heterocycles. The molecule has 26 heavy (non-hydrogen) atoms. The zero-order valence-electron chi connectivity index (χ0n) is 14.4. The standard InChI is InChI=1S/C19H19N5O2/c1-23-15-7-3-2-6-14(15)18(25)17(22-23)19(26)24-10-9-21-12-16(24)13-5-4-8-20-11-13/h2-8,11,16,21H,9-10,12H2,1H3. The van der Waals surface area contributed by atoms with Gasteiger partial charge in [-0.2, -0.15) is 5.10 Å². The number of nitrogens with zero attached hydrogens (tertiary/aromatic N) is 4. The number of carbonyl (C=O) groups excluding carboxylic acids is 1. The van der Waals surface area contributed by atoms with Crippen LogP contribution in [0.4, 0.5) is 0 Å². The van der Waals surface area contributed by atoms with Crippen LogP contribution in [0.2, 0.25) is 0 Å². The molecule has 0 spiro atoms. The molecule has 1 N–H and O–H groups in total. The number of piperazine rings is 1. The van der Waals surface area contributed by atoms with Gasteiger partial charge in [0.15, 0.2) is 5.69 Å². The minimum atomic E-state index is -0.341. The Morgan fingerprint density at radius 1 is 1.23 bits per heavy atom. The van der Waals surface area contributed by atoms with Crippen LogP contribution in [-0.2, 0) is 7.05 Å². The van der Waals surface area contributed by atoms with Crippen LogP contribution < -0.4 is 10.7 Å². The smallest absolute Gasteiger partial charge is 0.279 e. The van der Waals surface area contributed by atoms with E-state index in [1.54, 1.807) is 41.2 Å². The third-order valence-electron chi connectivity index (χ3n) is 4.74. The maximum atomic E-state index is 13.2. The number of fused-ring (bicyclic) bond motifs is 1. The monoisotopic (exact) mass is 349 g/mol. The maximum absolute atomic E-state index is 13.2. The Morgan fingerprint density at radius 3 is 2.88 bits per heavy atom. The molecule has 1 unspecified atom stereocenters. The highest BCUT2D eigenvalue weighted by Crippen LogP contribution is 2.23. The fraction of sp³-hybridized carbons (Fsp3) is 0.263. The fourth-order valence-corrected chi connectivity index (χ4v) is 3.42. The number of hydrogen-bond acceptors (Lipinski definition) is 5. The van der Waals surface area contributed by atoms with E-state index in [0.29, 0.717) is 30.5 Å². The van der Waals surface area contributed by atoms with E-state index in [4.69, 9.17) is 0 Å². The largest absolute Gasteiger partial charge is 0.327 e. The summed E-state index contributed by atoms with van der Waals surface area (Å²) in [6.45, 7) is 1.80. The lowest BCUT2D eigenvalue weighted by atomic mass is 10.0. The summed E-state index contributed by atoms with van der Waals surface area (Å²) in [6, 6.07) is 10.8. The van der Waals surface area contributed by atoms with Gasteiger partial charge in [0.25, 0.3) is 5.91 Å². The van der Waals surface area contributed by atoms with Crippen LogP contribution in [0.3, 0.4) is 0 Å². The highest BCUT2D eigenvalue weighted by atomic mass is 16.2. The number of rotatable bonds is 2. The first kappa shape index (κ1) is 16.4. The molecule has 1 atom stereocenters. The van der Waals surface area contributed by atoms with Gasteiger partial charge in [-0.15, -0.1) is 0 Å². The molecule has 0 aliphatic carbocycles. The van der Waals surface area contributed by atoms with Crippen LogP contribution in [-0.4, -0.2) is 45.2 Å². The average Bonchev–Trinajstić information content (AvgIpc) is 2.71. The van der Waals surface area contributed by atoms with Crippen molar-refractivity contribution in [3.63, 3.8) is 0 Å². The van der Waals surface area contributed by atoms with Crippen LogP contribution in [0, 0.1) is 0 Å². The summed E-state index contributed by atoms with van der Waals surface area (Å²) >= 11 is 0. The van der Waals surface area contributed by atoms with Gasteiger partial charge < -0.3 is 10.2 Å². The molecule has 0 radical (unpaired) electrons. The topological polar surface area (TPSA) is 80.1 Å². The zero-order valence-corrected chi connectivity index (χ0v) is 14.4. The number of benzene rings is 1. The molecule has 1 amide bonds. The predicted molar refractivity (Wildman–Crippen MR) is 97.9 cm³/mol. The molecule has 1 saturated heterocycles. The summed E-state index contributed by atoms with van der Waals surface area (Å²) in [5.74, 6) is -0.341. The Balaban J connectivity index is 1.78. The number of aromatic nitrogens is 3. The van der Waals surface area contributed by atoms with Crippen molar-refractivity contribution in [1.82, 2.24) is 25.0 Å². The van der Waals surface area contributed by atoms with E-state index in [0.717, 1.165) is 5.56 Å². The maximum Gasteiger partial charge on any atom is 0.279 e. The number of para-hydroxylation sites is 1. The second-order valence-electron chi connectivity index (χ2n) is 6.32. The Labute approximate surface area is 150 Å². The highest BCUT2D eigenvalue weighted by molar-refractivity contribution is 5.95. The fourth-order valence-electron chi connectivity index (χ4n) is 3.42. The Morgan fingerprint density at radius 2 is 2.08 bits per heavy atom. The molecular formula is C19H19N5O2. The van der Waals surface area contributed by atoms with E-state index in [1.807, 2.05) is 24.3 Å². The molecule has 4 rings (SSSR count). The molecule has 3 aromatic rings. The van der Waals surface area contributed by atoms with Crippen LogP contribution >= 0.6 is 0 Å². The minimum absolute atomic E-state index is 0.0398. The van der Waals surface area contributed by atoms with Gasteiger partial charge in [0, 0.05) is 44.5 Å². The molecule has 0 bridgehead atoms. The van der Waals surface area contributed by atoms with E-state index in [9.17, 15) is 9.59 Å². The van der Waals surface area contributed by atoms with E-state index in [1.165, 1.54) is 0 Å². The van der Waals surface area contributed by atoms with Crippen molar-refractivity contribution in [2.45, 2.75) is 6.04 Å². The van der Waals surface area contributed by atoms with Gasteiger partial charge in [0.1, 0.15) is 0 Å². The van der Waals surface area contributed by atoms with Gasteiger partial charge in [-0.1, -0.05) is 18.2 Å². The molecule has 0 saturated carbocycles. The molecular weight excluding hydrogens is 330 g/mol. The summed E-state index contributed by atoms with van der Waals surface area (Å²) in [4.78, 5) is 31.9. The quantitative estimate of drug-likeness (QED) is 0.750. The molecule has 3 heterocycles. The summed E-state index contributed by atoms with van der Waals surface area (Å²) in [5.41, 5.74) is 1.28. The van der Waals surface area contributed by atoms with Crippen molar-refractivity contribution < 1.29 is 4.79 Å². The van der Waals surface area contributed by atoms with Crippen LogP contribution in [0.5, 0.6) is 0 Å². The number of hydrogen-bond donors (Lipinski definition) is 1. The second kappa shape index (κ2) is 6.68. The summed E-state index contributed by atoms with van der Waals surface area (Å²) < 4.78 is 1.59. The molecule has 2 aromatic heterocycles. The van der Waals surface area contributed by atoms with E-state index < -0.39 is 0 Å². The number of nitrogens with one attached hydrogen (secondary N) is 1. The Hall–Kier alpha value is -3.06. The van der Waals surface area contributed by atoms with Gasteiger partial charge in [0.2, 0.25) is 5.43 Å². The second-order valence-corrected chi connectivity index (χ2v) is 6.32. The van der Waals surface area contributed by atoms with E-state index in [2.05, 4.69) is 15.4 Å². The van der Waals surface area contributed by atoms with Crippen LogP contribution in [0.15, 0.2) is 53.6 Å². The third-order valence-corrected chi connectivity index (χ3v) is 4.74. The van der Waals surface area contributed by atoms with Crippen molar-refractivity contribution >= 4 is 16.8 Å². The molecule has 1 aliphatic rings. The average molecular weight is 349 g/mol. The van der Waals surface area contributed by atoms with Crippen molar-refractivity contribution in [1.29, 1.82) is 0 Å². The molecule has 7 heteroatoms. The van der Waals surface area contributed by atoms with E-state index >= 15 is 0 Å². The molecule has 7 nitrogen and oxygen atoms in total. The van der Waals surface area contributed by atoms with Crippen molar-refractivity contribution in [2.75, 3.05) is 19.6 Å². The van der Waals surface area contributed by atoms with Gasteiger partial charge in [0.05, 0.1) is 11.6 Å². The van der Waals surface area contributed by atoms with Gasteiger partial charge >= 0.3 is 0 Å². The van der Waals surface area contributed by atoms with Gasteiger partial charge in [-0.05, 0) is 23.8 Å². The predicted octanol–water partition coefficient (Wildman–Crippen LogP) is 1.12. The Kier molecular flexibility index (Phi) is 4.22. The minimum Gasteiger partial charge on any atom is -0.327 e.